The van der Waals surface area contributed by atoms with Gasteiger partial charge in [-0.1, -0.05) is 48.9 Å². The summed E-state index contributed by atoms with van der Waals surface area (Å²) in [5, 5.41) is 5.96. The number of carbonyl (C=O) groups is 2. The lowest BCUT2D eigenvalue weighted by molar-refractivity contribution is -0.116. The van der Waals surface area contributed by atoms with Crippen molar-refractivity contribution < 1.29 is 14.3 Å². The number of halogens is 1. The summed E-state index contributed by atoms with van der Waals surface area (Å²) >= 11 is 7.64. The van der Waals surface area contributed by atoms with Gasteiger partial charge in [-0.25, -0.2) is 0 Å². The fourth-order valence-corrected chi connectivity index (χ4v) is 4.41. The van der Waals surface area contributed by atoms with Crippen LogP contribution in [0.25, 0.3) is 0 Å². The summed E-state index contributed by atoms with van der Waals surface area (Å²) in [5.74, 6) is 0.320. The first-order chi connectivity index (χ1) is 15.9. The predicted molar refractivity (Wildman–Crippen MR) is 136 cm³/mol. The topological polar surface area (TPSA) is 67.4 Å². The van der Waals surface area contributed by atoms with Crippen LogP contribution in [0.1, 0.15) is 36.1 Å². The Hall–Kier alpha value is -2.96. The van der Waals surface area contributed by atoms with Crippen LogP contribution < -0.4 is 15.4 Å². The highest BCUT2D eigenvalue weighted by atomic mass is 35.5. The summed E-state index contributed by atoms with van der Waals surface area (Å²) in [6, 6.07) is 20.6. The van der Waals surface area contributed by atoms with E-state index in [0.717, 1.165) is 28.1 Å². The molecule has 0 heterocycles. The first-order valence-electron chi connectivity index (χ1n) is 10.7. The lowest BCUT2D eigenvalue weighted by atomic mass is 10.1. The van der Waals surface area contributed by atoms with E-state index in [0.29, 0.717) is 22.9 Å². The lowest BCUT2D eigenvalue weighted by Gasteiger charge is -2.19. The largest absolute Gasteiger partial charge is 0.495 e. The quantitative estimate of drug-likeness (QED) is 0.326. The second-order valence-corrected chi connectivity index (χ2v) is 9.11. The number of amides is 2. The van der Waals surface area contributed by atoms with Crippen LogP contribution in [0.15, 0.2) is 71.6 Å². The van der Waals surface area contributed by atoms with Crippen molar-refractivity contribution in [1.82, 2.24) is 0 Å². The number of benzene rings is 3. The van der Waals surface area contributed by atoms with Gasteiger partial charge in [-0.3, -0.25) is 9.59 Å². The maximum absolute atomic E-state index is 13.4. The van der Waals surface area contributed by atoms with E-state index in [-0.39, 0.29) is 11.8 Å². The van der Waals surface area contributed by atoms with Crippen molar-refractivity contribution in [2.75, 3.05) is 17.7 Å². The number of thioether (sulfide) groups is 1. The number of hydrogen-bond donors (Lipinski definition) is 2. The van der Waals surface area contributed by atoms with Gasteiger partial charge in [0.05, 0.1) is 12.8 Å². The second kappa shape index (κ2) is 11.8. The third-order valence-corrected chi connectivity index (χ3v) is 6.62. The molecule has 0 bridgehead atoms. The number of aryl methyl sites for hydroxylation is 1. The van der Waals surface area contributed by atoms with Gasteiger partial charge in [0.15, 0.2) is 0 Å². The van der Waals surface area contributed by atoms with Crippen molar-refractivity contribution >= 4 is 46.6 Å². The van der Waals surface area contributed by atoms with Crippen molar-refractivity contribution in [1.29, 1.82) is 0 Å². The molecule has 0 saturated heterocycles. The molecular weight excluding hydrogens is 456 g/mol. The van der Waals surface area contributed by atoms with Crippen LogP contribution in [-0.4, -0.2) is 18.9 Å². The zero-order chi connectivity index (χ0) is 23.8. The standard InChI is InChI=1S/C26H27ClN2O3S/c1-4-8-24(30)28-19-11-13-20(14-12-19)33-25(18-9-6-5-7-10-18)26(31)29-22-15-17(2)21(27)16-23(22)32-3/h5-7,9-16,25H,4,8H2,1-3H3,(H,28,30)(H,29,31). The highest BCUT2D eigenvalue weighted by molar-refractivity contribution is 8.00. The normalized spacial score (nSPS) is 11.5. The van der Waals surface area contributed by atoms with Crippen LogP contribution in [-0.2, 0) is 9.59 Å². The number of ether oxygens (including phenoxy) is 1. The molecule has 33 heavy (non-hydrogen) atoms. The van der Waals surface area contributed by atoms with Gasteiger partial charge in [0.25, 0.3) is 0 Å². The molecule has 0 aliphatic carbocycles. The van der Waals surface area contributed by atoms with E-state index in [9.17, 15) is 9.59 Å². The monoisotopic (exact) mass is 482 g/mol. The Bertz CT molecular complexity index is 1100. The van der Waals surface area contributed by atoms with E-state index in [1.54, 1.807) is 19.2 Å². The number of nitrogens with one attached hydrogen (secondary N) is 2. The molecule has 2 amide bonds. The van der Waals surface area contributed by atoms with Gasteiger partial charge in [-0.2, -0.15) is 0 Å². The number of rotatable bonds is 9. The molecule has 0 radical (unpaired) electrons. The molecule has 5 nitrogen and oxygen atoms in total. The molecule has 3 aromatic rings. The number of methoxy groups -OCH3 is 1. The fourth-order valence-electron chi connectivity index (χ4n) is 3.23. The first-order valence-corrected chi connectivity index (χ1v) is 11.9. The van der Waals surface area contributed by atoms with Crippen molar-refractivity contribution in [2.45, 2.75) is 36.8 Å². The lowest BCUT2D eigenvalue weighted by Crippen LogP contribution is -2.19. The number of hydrogen-bond acceptors (Lipinski definition) is 4. The second-order valence-electron chi connectivity index (χ2n) is 7.52. The minimum absolute atomic E-state index is 0.00773. The maximum Gasteiger partial charge on any atom is 0.242 e. The van der Waals surface area contributed by atoms with Crippen LogP contribution in [0.2, 0.25) is 5.02 Å². The van der Waals surface area contributed by atoms with E-state index < -0.39 is 5.25 Å². The Balaban J connectivity index is 1.82. The molecule has 172 valence electrons. The van der Waals surface area contributed by atoms with Gasteiger partial charge in [-0.05, 0) is 54.8 Å². The molecule has 0 aromatic heterocycles. The van der Waals surface area contributed by atoms with Gasteiger partial charge in [0, 0.05) is 28.1 Å². The molecule has 0 spiro atoms. The van der Waals surface area contributed by atoms with Gasteiger partial charge in [0.2, 0.25) is 11.8 Å². The molecule has 3 rings (SSSR count). The molecule has 7 heteroatoms. The van der Waals surface area contributed by atoms with Crippen molar-refractivity contribution in [3.8, 4) is 5.75 Å². The third kappa shape index (κ3) is 6.76. The minimum atomic E-state index is -0.493. The van der Waals surface area contributed by atoms with E-state index in [2.05, 4.69) is 10.6 Å². The molecule has 3 aromatic carbocycles. The number of carbonyl (C=O) groups excluding carboxylic acids is 2. The molecular formula is C26H27ClN2O3S. The molecule has 1 unspecified atom stereocenters. The van der Waals surface area contributed by atoms with E-state index in [1.165, 1.54) is 11.8 Å². The first kappa shape index (κ1) is 24.7. The Kier molecular flexibility index (Phi) is 8.80. The molecule has 0 saturated carbocycles. The molecule has 2 N–H and O–H groups in total. The Morgan fingerprint density at radius 2 is 1.73 bits per heavy atom. The third-order valence-electron chi connectivity index (χ3n) is 4.95. The summed E-state index contributed by atoms with van der Waals surface area (Å²) < 4.78 is 5.41. The van der Waals surface area contributed by atoms with Gasteiger partial charge in [-0.15, -0.1) is 11.8 Å². The average molecular weight is 483 g/mol. The molecule has 1 atom stereocenters. The van der Waals surface area contributed by atoms with E-state index in [4.69, 9.17) is 16.3 Å². The summed E-state index contributed by atoms with van der Waals surface area (Å²) in [4.78, 5) is 26.1. The van der Waals surface area contributed by atoms with Crippen molar-refractivity contribution in [3.63, 3.8) is 0 Å². The van der Waals surface area contributed by atoms with Gasteiger partial charge in [0.1, 0.15) is 11.0 Å². The Morgan fingerprint density at radius 1 is 1.03 bits per heavy atom. The van der Waals surface area contributed by atoms with E-state index in [1.807, 2.05) is 68.4 Å². The van der Waals surface area contributed by atoms with Crippen LogP contribution in [0.5, 0.6) is 5.75 Å². The zero-order valence-corrected chi connectivity index (χ0v) is 20.4. The van der Waals surface area contributed by atoms with E-state index >= 15 is 0 Å². The van der Waals surface area contributed by atoms with Crippen LogP contribution in [0.4, 0.5) is 11.4 Å². The summed E-state index contributed by atoms with van der Waals surface area (Å²) in [6.07, 6.45) is 1.28. The predicted octanol–water partition coefficient (Wildman–Crippen LogP) is 6.87. The fraction of sp³-hybridized carbons (Fsp3) is 0.231. The Morgan fingerprint density at radius 3 is 2.36 bits per heavy atom. The van der Waals surface area contributed by atoms with Crippen LogP contribution in [0.3, 0.4) is 0 Å². The average Bonchev–Trinajstić information content (AvgIpc) is 2.81. The smallest absolute Gasteiger partial charge is 0.242 e. The van der Waals surface area contributed by atoms with Crippen molar-refractivity contribution in [2.24, 2.45) is 0 Å². The van der Waals surface area contributed by atoms with Crippen molar-refractivity contribution in [3.05, 3.63) is 82.9 Å². The summed E-state index contributed by atoms with van der Waals surface area (Å²) in [7, 11) is 1.54. The number of anilines is 2. The van der Waals surface area contributed by atoms with Crippen LogP contribution >= 0.6 is 23.4 Å². The SMILES string of the molecule is CCCC(=O)Nc1ccc(SC(C(=O)Nc2cc(C)c(Cl)cc2OC)c2ccccc2)cc1. The van der Waals surface area contributed by atoms with Gasteiger partial charge >= 0.3 is 0 Å². The molecule has 0 fully saturated rings. The highest BCUT2D eigenvalue weighted by Gasteiger charge is 2.23. The van der Waals surface area contributed by atoms with Crippen LogP contribution in [0, 0.1) is 6.92 Å². The minimum Gasteiger partial charge on any atom is -0.495 e. The summed E-state index contributed by atoms with van der Waals surface area (Å²) in [6.45, 7) is 3.84. The maximum atomic E-state index is 13.4. The summed E-state index contributed by atoms with van der Waals surface area (Å²) in [5.41, 5.74) is 3.03. The highest BCUT2D eigenvalue weighted by Crippen LogP contribution is 2.38. The zero-order valence-electron chi connectivity index (χ0n) is 18.9. The molecule has 0 aliphatic rings. The Labute approximate surface area is 203 Å². The molecule has 0 aliphatic heterocycles. The van der Waals surface area contributed by atoms with Gasteiger partial charge < -0.3 is 15.4 Å².